The van der Waals surface area contributed by atoms with Crippen LogP contribution < -0.4 is 38.5 Å². The fourth-order valence-electron chi connectivity index (χ4n) is 3.63. The number of nitrogen functional groups attached to an aromatic ring is 1. The number of nitrogens with two attached hydrogens (primary N) is 2. The largest absolute Gasteiger partial charge is 0.480 e. The number of carbonyl (C=O) groups excluding carboxylic acids is 2. The van der Waals surface area contributed by atoms with Gasteiger partial charge < -0.3 is 41.8 Å². The lowest BCUT2D eigenvalue weighted by molar-refractivity contribution is -0.142. The summed E-state index contributed by atoms with van der Waals surface area (Å²) in [5.74, 6) is 0.453. The SMILES string of the molecule is NOCC(O)NC[C@H](NC(=O)CC[C@H](NC(=O)c1ccc(NCc2cnc3nc(N)[nH]c(=O)c3n2)cc1)C(=O)O)C(=O)O. The smallest absolute Gasteiger partial charge is 0.327 e. The van der Waals surface area contributed by atoms with Crippen LogP contribution in [0.3, 0.4) is 0 Å². The van der Waals surface area contributed by atoms with E-state index in [4.69, 9.17) is 11.6 Å². The normalized spacial score (nSPS) is 13.1. The lowest BCUT2D eigenvalue weighted by Gasteiger charge is -2.19. The number of amides is 2. The summed E-state index contributed by atoms with van der Waals surface area (Å²) in [5.41, 5.74) is 6.25. The topological polar surface area (TPSA) is 310 Å². The number of fused-ring (bicyclic) bond motifs is 1. The second kappa shape index (κ2) is 15.1. The highest BCUT2D eigenvalue weighted by Crippen LogP contribution is 2.12. The first-order valence-electron chi connectivity index (χ1n) is 12.6. The van der Waals surface area contributed by atoms with Gasteiger partial charge in [0.1, 0.15) is 24.9 Å². The van der Waals surface area contributed by atoms with Crippen molar-refractivity contribution in [3.05, 3.63) is 52.1 Å². The number of hydrogen-bond acceptors (Lipinski definition) is 14. The van der Waals surface area contributed by atoms with Gasteiger partial charge >= 0.3 is 11.9 Å². The summed E-state index contributed by atoms with van der Waals surface area (Å²) in [4.78, 5) is 78.8. The van der Waals surface area contributed by atoms with E-state index in [1.165, 1.54) is 18.3 Å². The van der Waals surface area contributed by atoms with Crippen molar-refractivity contribution in [3.8, 4) is 0 Å². The van der Waals surface area contributed by atoms with Crippen molar-refractivity contribution in [2.75, 3.05) is 24.2 Å². The molecule has 2 heterocycles. The van der Waals surface area contributed by atoms with Gasteiger partial charge in [0.15, 0.2) is 11.2 Å². The lowest BCUT2D eigenvalue weighted by atomic mass is 10.1. The Bertz CT molecular complexity index is 1520. The van der Waals surface area contributed by atoms with E-state index in [9.17, 15) is 39.3 Å². The number of aliphatic hydroxyl groups is 1. The third-order valence-electron chi connectivity index (χ3n) is 5.82. The zero-order valence-corrected chi connectivity index (χ0v) is 22.4. The number of anilines is 2. The predicted molar refractivity (Wildman–Crippen MR) is 148 cm³/mol. The van der Waals surface area contributed by atoms with E-state index in [1.54, 1.807) is 12.1 Å². The molecule has 0 bridgehead atoms. The molecule has 0 saturated carbocycles. The van der Waals surface area contributed by atoms with Crippen LogP contribution in [0.4, 0.5) is 11.6 Å². The van der Waals surface area contributed by atoms with Gasteiger partial charge in [0, 0.05) is 24.2 Å². The van der Waals surface area contributed by atoms with Gasteiger partial charge in [0.25, 0.3) is 11.5 Å². The number of carboxylic acid groups (broad SMARTS) is 2. The molecule has 0 aliphatic carbocycles. The molecule has 3 rings (SSSR count). The molecule has 230 valence electrons. The fourth-order valence-corrected chi connectivity index (χ4v) is 3.63. The number of H-pyrrole nitrogens is 1. The second-order valence-corrected chi connectivity index (χ2v) is 9.03. The summed E-state index contributed by atoms with van der Waals surface area (Å²) < 4.78 is 0. The fraction of sp³-hybridized carbons (Fsp3) is 0.333. The maximum atomic E-state index is 12.7. The molecule has 2 amide bonds. The molecular formula is C24H30N10O9. The molecular weight excluding hydrogens is 572 g/mol. The van der Waals surface area contributed by atoms with Gasteiger partial charge in [-0.05, 0) is 30.7 Å². The molecule has 1 unspecified atom stereocenters. The molecule has 2 aromatic heterocycles. The molecule has 1 aromatic carbocycles. The lowest BCUT2D eigenvalue weighted by Crippen LogP contribution is -2.50. The summed E-state index contributed by atoms with van der Waals surface area (Å²) in [6, 6.07) is 3.15. The number of aliphatic carboxylic acids is 2. The summed E-state index contributed by atoms with van der Waals surface area (Å²) in [5, 5.41) is 38.3. The minimum absolute atomic E-state index is 0.0263. The highest BCUT2D eigenvalue weighted by atomic mass is 16.6. The van der Waals surface area contributed by atoms with Crippen molar-refractivity contribution in [2.45, 2.75) is 37.7 Å². The quantitative estimate of drug-likeness (QED) is 0.0586. The molecule has 19 heteroatoms. The Balaban J connectivity index is 1.51. The Morgan fingerprint density at radius 3 is 2.37 bits per heavy atom. The molecule has 0 spiro atoms. The van der Waals surface area contributed by atoms with Gasteiger partial charge in [-0.3, -0.25) is 24.7 Å². The Morgan fingerprint density at radius 2 is 1.72 bits per heavy atom. The van der Waals surface area contributed by atoms with Crippen LogP contribution in [0, 0.1) is 0 Å². The number of hydrogen-bond donors (Lipinski definition) is 10. The standard InChI is InChI=1S/C24H30N10O9/c25-24-33-19-18(21(38)34-24)30-13(8-29-19)7-27-12-3-1-11(2-4-12)20(37)32-14(22(39)40)5-6-16(35)31-15(23(41)42)9-28-17(36)10-43-26/h1-4,8,14-15,17,27-28,36H,5-7,9-10,26H2,(H,31,35)(H,32,37)(H,39,40)(H,41,42)(H3,25,29,33,34,38)/t14-,15-,17?/m0/s1. The number of aliphatic hydroxyl groups excluding tert-OH is 1. The molecule has 3 aromatic rings. The Hall–Kier alpha value is -5.24. The molecule has 3 atom stereocenters. The first kappa shape index (κ1) is 32.3. The number of carbonyl (C=O) groups is 4. The molecule has 12 N–H and O–H groups in total. The predicted octanol–water partition coefficient (Wildman–Crippen LogP) is -2.76. The maximum absolute atomic E-state index is 12.7. The number of rotatable bonds is 16. The Morgan fingerprint density at radius 1 is 1.02 bits per heavy atom. The average Bonchev–Trinajstić information content (AvgIpc) is 2.96. The maximum Gasteiger partial charge on any atom is 0.327 e. The van der Waals surface area contributed by atoms with Gasteiger partial charge in [-0.15, -0.1) is 0 Å². The van der Waals surface area contributed by atoms with Gasteiger partial charge in [-0.25, -0.2) is 25.5 Å². The van der Waals surface area contributed by atoms with Gasteiger partial charge in [0.2, 0.25) is 11.9 Å². The molecule has 0 radical (unpaired) electrons. The van der Waals surface area contributed by atoms with Crippen molar-refractivity contribution >= 4 is 46.6 Å². The van der Waals surface area contributed by atoms with Crippen LogP contribution in [0.1, 0.15) is 28.9 Å². The van der Waals surface area contributed by atoms with E-state index in [2.05, 4.69) is 46.0 Å². The third-order valence-corrected chi connectivity index (χ3v) is 5.82. The second-order valence-electron chi connectivity index (χ2n) is 9.03. The van der Waals surface area contributed by atoms with E-state index >= 15 is 0 Å². The number of aromatic nitrogens is 4. The number of aromatic amines is 1. The number of nitrogens with zero attached hydrogens (tertiary/aromatic N) is 3. The van der Waals surface area contributed by atoms with Crippen molar-refractivity contribution in [1.82, 2.24) is 35.9 Å². The van der Waals surface area contributed by atoms with Crippen LogP contribution in [-0.4, -0.2) is 90.5 Å². The molecule has 19 nitrogen and oxygen atoms in total. The van der Waals surface area contributed by atoms with Crippen LogP contribution in [0.15, 0.2) is 35.3 Å². The Labute approximate surface area is 242 Å². The van der Waals surface area contributed by atoms with Crippen molar-refractivity contribution in [3.63, 3.8) is 0 Å². The molecule has 0 saturated heterocycles. The van der Waals surface area contributed by atoms with E-state index < -0.39 is 54.0 Å². The summed E-state index contributed by atoms with van der Waals surface area (Å²) in [6.07, 6.45) is -0.583. The van der Waals surface area contributed by atoms with E-state index in [0.29, 0.717) is 11.4 Å². The average molecular weight is 603 g/mol. The Kier molecular flexibility index (Phi) is 11.3. The number of carboxylic acids is 2. The summed E-state index contributed by atoms with van der Waals surface area (Å²) in [7, 11) is 0. The summed E-state index contributed by atoms with van der Waals surface area (Å²) >= 11 is 0. The molecule has 0 aliphatic heterocycles. The molecule has 0 fully saturated rings. The number of nitrogens with one attached hydrogen (secondary N) is 5. The monoisotopic (exact) mass is 602 g/mol. The molecule has 0 aliphatic rings. The zero-order chi connectivity index (χ0) is 31.5. The first-order valence-corrected chi connectivity index (χ1v) is 12.6. The first-order chi connectivity index (χ1) is 20.5. The van der Waals surface area contributed by atoms with E-state index in [-0.39, 0.29) is 48.8 Å². The van der Waals surface area contributed by atoms with Crippen molar-refractivity contribution in [2.24, 2.45) is 5.90 Å². The van der Waals surface area contributed by atoms with Crippen LogP contribution in [0.25, 0.3) is 11.2 Å². The summed E-state index contributed by atoms with van der Waals surface area (Å²) in [6.45, 7) is -0.501. The van der Waals surface area contributed by atoms with Crippen LogP contribution in [0.2, 0.25) is 0 Å². The van der Waals surface area contributed by atoms with Crippen molar-refractivity contribution < 1.29 is 39.3 Å². The van der Waals surface area contributed by atoms with E-state index in [0.717, 1.165) is 0 Å². The zero-order valence-electron chi connectivity index (χ0n) is 22.4. The van der Waals surface area contributed by atoms with Crippen molar-refractivity contribution in [1.29, 1.82) is 0 Å². The molecule has 43 heavy (non-hydrogen) atoms. The van der Waals surface area contributed by atoms with Crippen LogP contribution in [0.5, 0.6) is 0 Å². The third kappa shape index (κ3) is 9.67. The minimum Gasteiger partial charge on any atom is -0.480 e. The highest BCUT2D eigenvalue weighted by Gasteiger charge is 2.25. The van der Waals surface area contributed by atoms with E-state index in [1.807, 2.05) is 0 Å². The van der Waals surface area contributed by atoms with Crippen LogP contribution >= 0.6 is 0 Å². The minimum atomic E-state index is -1.44. The highest BCUT2D eigenvalue weighted by molar-refractivity contribution is 5.97. The van der Waals surface area contributed by atoms with Gasteiger partial charge in [0.05, 0.1) is 18.4 Å². The van der Waals surface area contributed by atoms with Crippen LogP contribution in [-0.2, 0) is 25.8 Å². The van der Waals surface area contributed by atoms with Gasteiger partial charge in [-0.1, -0.05) is 0 Å². The number of benzene rings is 1. The van der Waals surface area contributed by atoms with Gasteiger partial charge in [-0.2, -0.15) is 4.98 Å².